The van der Waals surface area contributed by atoms with Crippen LogP contribution in [0.25, 0.3) is 0 Å². The molecule has 1 aliphatic heterocycles. The first-order chi connectivity index (χ1) is 9.46. The van der Waals surface area contributed by atoms with Gasteiger partial charge in [0.25, 0.3) is 0 Å². The Hall–Kier alpha value is -1.85. The minimum Gasteiger partial charge on any atom is -0.454 e. The van der Waals surface area contributed by atoms with Gasteiger partial charge in [-0.15, -0.1) is 0 Å². The lowest BCUT2D eigenvalue weighted by molar-refractivity contribution is 0.173. The molecule has 1 aliphatic carbocycles. The number of isocyanates is 1. The zero-order chi connectivity index (χ0) is 14.4. The molecule has 0 atom stereocenters. The number of hydrogen-bond donors (Lipinski definition) is 0. The summed E-state index contributed by atoms with van der Waals surface area (Å²) in [4.78, 5) is 14.7. The minimum atomic E-state index is -3.46. The fourth-order valence-electron chi connectivity index (χ4n) is 2.63. The second-order valence-corrected chi connectivity index (χ2v) is 7.05. The first kappa shape index (κ1) is 13.1. The minimum absolute atomic E-state index is 0.0614. The average molecular weight is 295 g/mol. The van der Waals surface area contributed by atoms with E-state index in [1.165, 1.54) is 6.07 Å². The summed E-state index contributed by atoms with van der Waals surface area (Å²) < 4.78 is 34.5. The number of nitrogens with zero attached hydrogens (tertiary/aromatic N) is 1. The zero-order valence-electron chi connectivity index (χ0n) is 10.9. The highest BCUT2D eigenvalue weighted by Crippen LogP contribution is 2.50. The second kappa shape index (κ2) is 4.33. The molecule has 0 N–H and O–H groups in total. The van der Waals surface area contributed by atoms with E-state index in [4.69, 9.17) is 9.47 Å². The molecule has 1 fully saturated rings. The van der Waals surface area contributed by atoms with Crippen molar-refractivity contribution in [1.29, 1.82) is 0 Å². The molecule has 0 radical (unpaired) electrons. The summed E-state index contributed by atoms with van der Waals surface area (Å²) in [6, 6.07) is 3.08. The van der Waals surface area contributed by atoms with Crippen LogP contribution in [-0.2, 0) is 20.2 Å². The molecule has 106 valence electrons. The number of ether oxygens (including phenoxy) is 2. The van der Waals surface area contributed by atoms with Gasteiger partial charge in [-0.25, -0.2) is 13.2 Å². The summed E-state index contributed by atoms with van der Waals surface area (Å²) >= 11 is 0. The van der Waals surface area contributed by atoms with Crippen LogP contribution in [-0.4, -0.2) is 27.5 Å². The Morgan fingerprint density at radius 3 is 2.40 bits per heavy atom. The van der Waals surface area contributed by atoms with Crippen LogP contribution >= 0.6 is 0 Å². The zero-order valence-corrected chi connectivity index (χ0v) is 11.7. The fraction of sp³-hybridized carbons (Fsp3) is 0.462. The van der Waals surface area contributed by atoms with Crippen molar-refractivity contribution in [2.75, 3.05) is 13.0 Å². The molecule has 1 aromatic rings. The highest BCUT2D eigenvalue weighted by Gasteiger charge is 2.43. The third-order valence-corrected chi connectivity index (χ3v) is 4.95. The van der Waals surface area contributed by atoms with Crippen LogP contribution < -0.4 is 9.47 Å². The van der Waals surface area contributed by atoms with Gasteiger partial charge in [0, 0.05) is 17.9 Å². The van der Waals surface area contributed by atoms with E-state index < -0.39 is 15.4 Å². The van der Waals surface area contributed by atoms with Gasteiger partial charge in [0.15, 0.2) is 21.3 Å². The Morgan fingerprint density at radius 2 is 1.90 bits per heavy atom. The molecule has 1 heterocycles. The highest BCUT2D eigenvalue weighted by molar-refractivity contribution is 7.90. The Kier molecular flexibility index (Phi) is 2.84. The molecule has 2 aliphatic rings. The van der Waals surface area contributed by atoms with Crippen molar-refractivity contribution >= 4 is 15.9 Å². The molecule has 3 rings (SSSR count). The summed E-state index contributed by atoms with van der Waals surface area (Å²) in [5.74, 6) is 0.888. The van der Waals surface area contributed by atoms with Crippen LogP contribution in [0.1, 0.15) is 24.8 Å². The smallest absolute Gasteiger partial charge is 0.235 e. The van der Waals surface area contributed by atoms with Crippen LogP contribution in [0.3, 0.4) is 0 Å². The quantitative estimate of drug-likeness (QED) is 0.624. The normalized spacial score (nSPS) is 19.1. The number of hydrogen-bond acceptors (Lipinski definition) is 6. The third-order valence-electron chi connectivity index (χ3n) is 3.82. The Bertz CT molecular complexity index is 715. The van der Waals surface area contributed by atoms with Gasteiger partial charge in [-0.2, -0.15) is 4.99 Å². The van der Waals surface area contributed by atoms with Crippen LogP contribution in [0.4, 0.5) is 0 Å². The number of fused-ring (bicyclic) bond motifs is 1. The van der Waals surface area contributed by atoms with Crippen molar-refractivity contribution in [3.8, 4) is 11.5 Å². The number of carbonyl (C=O) groups excluding carboxylic acids is 1. The maximum atomic E-state index is 12.0. The SMILES string of the molecule is CS(=O)(=O)c1cc2c(cc1C1(N=C=O)CCC1)OCO2. The fourth-order valence-corrected chi connectivity index (χ4v) is 3.60. The maximum absolute atomic E-state index is 12.0. The molecule has 0 saturated heterocycles. The number of benzene rings is 1. The summed E-state index contributed by atoms with van der Waals surface area (Å²) in [6.45, 7) is 0.0614. The summed E-state index contributed by atoms with van der Waals surface area (Å²) in [5.41, 5.74) is -0.292. The second-order valence-electron chi connectivity index (χ2n) is 5.06. The molecule has 6 nitrogen and oxygen atoms in total. The predicted molar refractivity (Wildman–Crippen MR) is 69.3 cm³/mol. The van der Waals surface area contributed by atoms with Gasteiger partial charge in [-0.05, 0) is 25.3 Å². The average Bonchev–Trinajstić information content (AvgIpc) is 2.78. The summed E-state index contributed by atoms with van der Waals surface area (Å²) in [6.07, 6.45) is 4.84. The molecular formula is C13H13NO5S. The molecule has 1 aromatic carbocycles. The van der Waals surface area contributed by atoms with Gasteiger partial charge in [-0.1, -0.05) is 0 Å². The van der Waals surface area contributed by atoms with Crippen LogP contribution in [0, 0.1) is 0 Å². The molecular weight excluding hydrogens is 282 g/mol. The van der Waals surface area contributed by atoms with Gasteiger partial charge >= 0.3 is 0 Å². The monoisotopic (exact) mass is 295 g/mol. The largest absolute Gasteiger partial charge is 0.454 e. The highest BCUT2D eigenvalue weighted by atomic mass is 32.2. The first-order valence-electron chi connectivity index (χ1n) is 6.19. The van der Waals surface area contributed by atoms with E-state index in [0.717, 1.165) is 12.7 Å². The van der Waals surface area contributed by atoms with E-state index in [1.807, 2.05) is 0 Å². The van der Waals surface area contributed by atoms with Crippen molar-refractivity contribution in [2.45, 2.75) is 29.7 Å². The van der Waals surface area contributed by atoms with E-state index in [2.05, 4.69) is 4.99 Å². The Balaban J connectivity index is 2.26. The molecule has 20 heavy (non-hydrogen) atoms. The Morgan fingerprint density at radius 1 is 1.25 bits per heavy atom. The topological polar surface area (TPSA) is 82.0 Å². The predicted octanol–water partition coefficient (Wildman–Crippen LogP) is 1.53. The van der Waals surface area contributed by atoms with Crippen molar-refractivity contribution in [1.82, 2.24) is 0 Å². The summed E-state index contributed by atoms with van der Waals surface area (Å²) in [5, 5.41) is 0. The van der Waals surface area contributed by atoms with Gasteiger partial charge in [0.1, 0.15) is 0 Å². The molecule has 0 unspecified atom stereocenters. The Labute approximate surface area is 116 Å². The first-order valence-corrected chi connectivity index (χ1v) is 8.09. The standard InChI is InChI=1S/C13H13NO5S/c1-20(16,17)12-6-11-10(18-8-19-11)5-9(12)13(14-7-15)3-2-4-13/h5-6H,2-4,8H2,1H3. The molecule has 0 bridgehead atoms. The molecule has 0 amide bonds. The van der Waals surface area contributed by atoms with E-state index in [-0.39, 0.29) is 11.7 Å². The van der Waals surface area contributed by atoms with Crippen molar-refractivity contribution in [3.05, 3.63) is 17.7 Å². The van der Waals surface area contributed by atoms with Gasteiger partial charge < -0.3 is 9.47 Å². The lowest BCUT2D eigenvalue weighted by atomic mass is 9.72. The number of aliphatic imine (C=N–C) groups is 1. The van der Waals surface area contributed by atoms with Crippen LogP contribution in [0.15, 0.2) is 22.0 Å². The molecule has 7 heteroatoms. The van der Waals surface area contributed by atoms with E-state index in [0.29, 0.717) is 29.9 Å². The lowest BCUT2D eigenvalue weighted by Crippen LogP contribution is -2.33. The molecule has 0 spiro atoms. The van der Waals surface area contributed by atoms with E-state index in [1.54, 1.807) is 12.1 Å². The van der Waals surface area contributed by atoms with Gasteiger partial charge in [0.2, 0.25) is 12.9 Å². The number of sulfone groups is 1. The van der Waals surface area contributed by atoms with Crippen LogP contribution in [0.2, 0.25) is 0 Å². The maximum Gasteiger partial charge on any atom is 0.235 e. The van der Waals surface area contributed by atoms with Crippen molar-refractivity contribution in [3.63, 3.8) is 0 Å². The van der Waals surface area contributed by atoms with E-state index >= 15 is 0 Å². The van der Waals surface area contributed by atoms with Gasteiger partial charge in [-0.3, -0.25) is 0 Å². The van der Waals surface area contributed by atoms with Crippen LogP contribution in [0.5, 0.6) is 11.5 Å². The van der Waals surface area contributed by atoms with Gasteiger partial charge in [0.05, 0.1) is 10.4 Å². The number of rotatable bonds is 3. The lowest BCUT2D eigenvalue weighted by Gasteiger charge is -2.38. The van der Waals surface area contributed by atoms with Crippen molar-refractivity contribution in [2.24, 2.45) is 4.99 Å². The van der Waals surface area contributed by atoms with E-state index in [9.17, 15) is 13.2 Å². The molecule has 0 aromatic heterocycles. The summed E-state index contributed by atoms with van der Waals surface area (Å²) in [7, 11) is -3.46. The molecule has 1 saturated carbocycles. The van der Waals surface area contributed by atoms with Crippen molar-refractivity contribution < 1.29 is 22.7 Å². The third kappa shape index (κ3) is 1.90.